The predicted octanol–water partition coefficient (Wildman–Crippen LogP) is 3.06. The molecule has 0 amide bonds. The summed E-state index contributed by atoms with van der Waals surface area (Å²) in [5, 5.41) is 4.24. The molecule has 1 aromatic rings. The third kappa shape index (κ3) is 2.58. The molecule has 3 nitrogen and oxygen atoms in total. The Hall–Kier alpha value is -0.350. The molecule has 80 valence electrons. The Morgan fingerprint density at radius 1 is 1.43 bits per heavy atom. The number of alkyl halides is 1. The van der Waals surface area contributed by atoms with Gasteiger partial charge in [-0.25, -0.2) is 4.98 Å². The third-order valence-corrected chi connectivity index (χ3v) is 3.74. The largest absolute Gasteiger partial charge is 0.354 e. The summed E-state index contributed by atoms with van der Waals surface area (Å²) in [7, 11) is 0. The first-order valence-corrected chi connectivity index (χ1v) is 6.11. The van der Waals surface area contributed by atoms with Crippen LogP contribution in [0.4, 0.5) is 5.13 Å². The molecule has 0 atom stereocenters. The standard InChI is InChI=1S/C9H16ClN3S/c1-4-9(5-2,6-10)12-8-11-7(3)13-14-8/h4-6H2,1-3H3,(H,11,12,13). The van der Waals surface area contributed by atoms with E-state index in [0.717, 1.165) is 23.8 Å². The molecule has 1 aromatic heterocycles. The van der Waals surface area contributed by atoms with Crippen LogP contribution in [0, 0.1) is 6.92 Å². The van der Waals surface area contributed by atoms with E-state index < -0.39 is 0 Å². The average molecular weight is 234 g/mol. The van der Waals surface area contributed by atoms with Gasteiger partial charge in [-0.05, 0) is 19.8 Å². The summed E-state index contributed by atoms with van der Waals surface area (Å²) in [6.07, 6.45) is 1.98. The van der Waals surface area contributed by atoms with E-state index in [1.54, 1.807) is 0 Å². The second-order valence-corrected chi connectivity index (χ2v) is 4.41. The maximum absolute atomic E-state index is 5.98. The highest BCUT2D eigenvalue weighted by Gasteiger charge is 2.25. The van der Waals surface area contributed by atoms with Crippen LogP contribution in [0.1, 0.15) is 32.5 Å². The molecule has 0 spiro atoms. The van der Waals surface area contributed by atoms with Gasteiger partial charge in [0.15, 0.2) is 0 Å². The van der Waals surface area contributed by atoms with E-state index >= 15 is 0 Å². The van der Waals surface area contributed by atoms with E-state index in [1.165, 1.54) is 11.5 Å². The highest BCUT2D eigenvalue weighted by atomic mass is 35.5. The lowest BCUT2D eigenvalue weighted by Gasteiger charge is -2.30. The molecule has 14 heavy (non-hydrogen) atoms. The molecule has 0 aliphatic heterocycles. The van der Waals surface area contributed by atoms with Crippen molar-refractivity contribution in [2.75, 3.05) is 11.2 Å². The molecule has 0 saturated heterocycles. The first kappa shape index (κ1) is 11.7. The molecule has 0 aliphatic rings. The molecule has 5 heteroatoms. The van der Waals surface area contributed by atoms with Gasteiger partial charge in [-0.2, -0.15) is 4.37 Å². The summed E-state index contributed by atoms with van der Waals surface area (Å²) in [5.74, 6) is 1.41. The monoisotopic (exact) mass is 233 g/mol. The van der Waals surface area contributed by atoms with Gasteiger partial charge < -0.3 is 5.32 Å². The van der Waals surface area contributed by atoms with E-state index in [2.05, 4.69) is 28.5 Å². The van der Waals surface area contributed by atoms with Crippen LogP contribution in [-0.2, 0) is 0 Å². The van der Waals surface area contributed by atoms with Gasteiger partial charge in [0.05, 0.1) is 5.54 Å². The molecular weight excluding hydrogens is 218 g/mol. The van der Waals surface area contributed by atoms with Crippen molar-refractivity contribution in [3.8, 4) is 0 Å². The molecule has 0 aromatic carbocycles. The number of nitrogens with one attached hydrogen (secondary N) is 1. The van der Waals surface area contributed by atoms with E-state index in [-0.39, 0.29) is 5.54 Å². The van der Waals surface area contributed by atoms with Crippen molar-refractivity contribution in [2.45, 2.75) is 39.2 Å². The molecule has 0 bridgehead atoms. The highest BCUT2D eigenvalue weighted by molar-refractivity contribution is 7.09. The lowest BCUT2D eigenvalue weighted by Crippen LogP contribution is -2.38. The van der Waals surface area contributed by atoms with Crippen LogP contribution in [0.15, 0.2) is 0 Å². The van der Waals surface area contributed by atoms with Gasteiger partial charge in [-0.15, -0.1) is 11.6 Å². The zero-order valence-electron chi connectivity index (χ0n) is 8.80. The number of halogens is 1. The SMILES string of the molecule is CCC(CC)(CCl)Nc1nc(C)ns1. The minimum absolute atomic E-state index is 0.0342. The maximum Gasteiger partial charge on any atom is 0.203 e. The van der Waals surface area contributed by atoms with Crippen LogP contribution in [0.5, 0.6) is 0 Å². The van der Waals surface area contributed by atoms with Gasteiger partial charge >= 0.3 is 0 Å². The highest BCUT2D eigenvalue weighted by Crippen LogP contribution is 2.24. The molecule has 1 heterocycles. The molecule has 1 rings (SSSR count). The van der Waals surface area contributed by atoms with Crippen LogP contribution in [-0.4, -0.2) is 20.8 Å². The second-order valence-electron chi connectivity index (χ2n) is 3.39. The van der Waals surface area contributed by atoms with Crippen LogP contribution < -0.4 is 5.32 Å². The smallest absolute Gasteiger partial charge is 0.203 e. The fourth-order valence-corrected chi connectivity index (χ4v) is 2.36. The van der Waals surface area contributed by atoms with Crippen molar-refractivity contribution >= 4 is 28.3 Å². The zero-order valence-corrected chi connectivity index (χ0v) is 10.4. The molecule has 0 fully saturated rings. The molecule has 1 N–H and O–H groups in total. The summed E-state index contributed by atoms with van der Waals surface area (Å²) in [6.45, 7) is 6.15. The van der Waals surface area contributed by atoms with Gasteiger partial charge in [0.25, 0.3) is 0 Å². The van der Waals surface area contributed by atoms with E-state index in [0.29, 0.717) is 5.88 Å². The fraction of sp³-hybridized carbons (Fsp3) is 0.778. The Morgan fingerprint density at radius 2 is 2.07 bits per heavy atom. The predicted molar refractivity (Wildman–Crippen MR) is 62.3 cm³/mol. The van der Waals surface area contributed by atoms with E-state index in [4.69, 9.17) is 11.6 Å². The Morgan fingerprint density at radius 3 is 2.43 bits per heavy atom. The summed E-state index contributed by atoms with van der Waals surface area (Å²) < 4.78 is 4.13. The summed E-state index contributed by atoms with van der Waals surface area (Å²) >= 11 is 7.37. The van der Waals surface area contributed by atoms with Gasteiger partial charge in [-0.3, -0.25) is 0 Å². The average Bonchev–Trinajstić information content (AvgIpc) is 2.61. The van der Waals surface area contributed by atoms with E-state index in [1.807, 2.05) is 6.92 Å². The van der Waals surface area contributed by atoms with Crippen molar-refractivity contribution in [1.82, 2.24) is 9.36 Å². The normalized spacial score (nSPS) is 11.7. The third-order valence-electron chi connectivity index (χ3n) is 2.51. The van der Waals surface area contributed by atoms with Gasteiger partial charge in [0.2, 0.25) is 5.13 Å². The first-order chi connectivity index (χ1) is 6.65. The number of nitrogens with zero attached hydrogens (tertiary/aromatic N) is 2. The number of aromatic nitrogens is 2. The zero-order chi connectivity index (χ0) is 10.6. The first-order valence-electron chi connectivity index (χ1n) is 4.80. The van der Waals surface area contributed by atoms with Crippen molar-refractivity contribution in [3.63, 3.8) is 0 Å². The Labute approximate surface area is 94.1 Å². The van der Waals surface area contributed by atoms with Gasteiger partial charge in [-0.1, -0.05) is 13.8 Å². The van der Waals surface area contributed by atoms with Gasteiger partial charge in [0, 0.05) is 17.4 Å². The molecule has 0 radical (unpaired) electrons. The minimum atomic E-state index is -0.0342. The summed E-state index contributed by atoms with van der Waals surface area (Å²) in [5.41, 5.74) is -0.0342. The number of anilines is 1. The summed E-state index contributed by atoms with van der Waals surface area (Å²) in [4.78, 5) is 4.28. The molecular formula is C9H16ClN3S. The quantitative estimate of drug-likeness (QED) is 0.795. The Kier molecular flexibility index (Phi) is 4.13. The van der Waals surface area contributed by atoms with Crippen molar-refractivity contribution in [1.29, 1.82) is 0 Å². The van der Waals surface area contributed by atoms with Crippen molar-refractivity contribution < 1.29 is 0 Å². The fourth-order valence-electron chi connectivity index (χ4n) is 1.22. The lowest BCUT2D eigenvalue weighted by atomic mass is 9.96. The number of hydrogen-bond donors (Lipinski definition) is 1. The number of rotatable bonds is 5. The van der Waals surface area contributed by atoms with E-state index in [9.17, 15) is 0 Å². The second kappa shape index (κ2) is 4.94. The van der Waals surface area contributed by atoms with Crippen LogP contribution in [0.2, 0.25) is 0 Å². The topological polar surface area (TPSA) is 37.8 Å². The van der Waals surface area contributed by atoms with Crippen LogP contribution >= 0.6 is 23.1 Å². The van der Waals surface area contributed by atoms with Crippen molar-refractivity contribution in [3.05, 3.63) is 5.82 Å². The Bertz CT molecular complexity index is 275. The lowest BCUT2D eigenvalue weighted by molar-refractivity contribution is 0.484. The molecule has 0 aliphatic carbocycles. The minimum Gasteiger partial charge on any atom is -0.354 e. The Balaban J connectivity index is 2.73. The van der Waals surface area contributed by atoms with Gasteiger partial charge in [0.1, 0.15) is 5.82 Å². The summed E-state index contributed by atoms with van der Waals surface area (Å²) in [6, 6.07) is 0. The van der Waals surface area contributed by atoms with Crippen molar-refractivity contribution in [2.24, 2.45) is 0 Å². The number of hydrogen-bond acceptors (Lipinski definition) is 4. The van der Waals surface area contributed by atoms with Crippen LogP contribution in [0.3, 0.4) is 0 Å². The van der Waals surface area contributed by atoms with Crippen LogP contribution in [0.25, 0.3) is 0 Å². The maximum atomic E-state index is 5.98. The molecule has 0 saturated carbocycles. The molecule has 0 unspecified atom stereocenters. The number of aryl methyl sites for hydroxylation is 1.